The Hall–Kier alpha value is -1.63. The number of amides is 3. The number of piperidine rings is 1. The molecule has 122 valence electrons. The van der Waals surface area contributed by atoms with Crippen molar-refractivity contribution in [1.29, 1.82) is 0 Å². The van der Waals surface area contributed by atoms with Crippen LogP contribution in [0.15, 0.2) is 0 Å². The number of hydrogen-bond donors (Lipinski definition) is 2. The summed E-state index contributed by atoms with van der Waals surface area (Å²) < 4.78 is 0. The van der Waals surface area contributed by atoms with E-state index in [1.807, 2.05) is 0 Å². The van der Waals surface area contributed by atoms with Crippen molar-refractivity contribution in [2.75, 3.05) is 20.1 Å². The molecule has 0 aromatic carbocycles. The van der Waals surface area contributed by atoms with Crippen LogP contribution in [0.1, 0.15) is 35.3 Å². The fourth-order valence-corrected chi connectivity index (χ4v) is 3.59. The van der Waals surface area contributed by atoms with Gasteiger partial charge in [0.25, 0.3) is 0 Å². The van der Waals surface area contributed by atoms with Crippen LogP contribution in [-0.2, 0) is 17.6 Å². The lowest BCUT2D eigenvalue weighted by Crippen LogP contribution is -2.51. The summed E-state index contributed by atoms with van der Waals surface area (Å²) in [7, 11) is 1.77. The quantitative estimate of drug-likeness (QED) is 0.861. The molecule has 1 atom stereocenters. The second-order valence-electron chi connectivity index (χ2n) is 5.62. The molecule has 6 nitrogen and oxygen atoms in total. The van der Waals surface area contributed by atoms with Gasteiger partial charge < -0.3 is 15.5 Å². The average Bonchev–Trinajstić information content (AvgIpc) is 2.83. The lowest BCUT2D eigenvalue weighted by Gasteiger charge is -2.30. The van der Waals surface area contributed by atoms with E-state index in [1.165, 1.54) is 4.88 Å². The Labute approximate surface area is 135 Å². The standard InChI is InChI=1S/C15H24N4O2S/c1-4-12-10(2)22-13(18-12)7-8-16-15(21)17-11-5-6-14(20)19(3)9-11/h11H,4-9H2,1-3H3,(H2,16,17,21)/t11-/m0/s1. The van der Waals surface area contributed by atoms with Gasteiger partial charge in [0.1, 0.15) is 0 Å². The van der Waals surface area contributed by atoms with E-state index in [9.17, 15) is 9.59 Å². The van der Waals surface area contributed by atoms with Crippen molar-refractivity contribution >= 4 is 23.3 Å². The maximum absolute atomic E-state index is 11.9. The van der Waals surface area contributed by atoms with Crippen LogP contribution in [0.5, 0.6) is 0 Å². The molecule has 2 rings (SSSR count). The zero-order chi connectivity index (χ0) is 16.1. The Morgan fingerprint density at radius 2 is 2.27 bits per heavy atom. The Kier molecular flexibility index (Phi) is 5.76. The van der Waals surface area contributed by atoms with Gasteiger partial charge in [-0.15, -0.1) is 11.3 Å². The number of hydrogen-bond acceptors (Lipinski definition) is 4. The van der Waals surface area contributed by atoms with E-state index in [0.29, 0.717) is 25.9 Å². The molecule has 1 aliphatic rings. The summed E-state index contributed by atoms with van der Waals surface area (Å²) >= 11 is 1.70. The number of likely N-dealkylation sites (tertiary alicyclic amines) is 1. The first-order valence-corrected chi connectivity index (χ1v) is 8.54. The summed E-state index contributed by atoms with van der Waals surface area (Å²) in [5.74, 6) is 0.143. The third-order valence-electron chi connectivity index (χ3n) is 3.86. The molecular formula is C15H24N4O2S. The molecule has 22 heavy (non-hydrogen) atoms. The zero-order valence-electron chi connectivity index (χ0n) is 13.4. The molecule has 2 heterocycles. The number of aryl methyl sites for hydroxylation is 2. The van der Waals surface area contributed by atoms with Crippen LogP contribution in [0.25, 0.3) is 0 Å². The van der Waals surface area contributed by atoms with Crippen LogP contribution in [0.2, 0.25) is 0 Å². The molecule has 1 fully saturated rings. The van der Waals surface area contributed by atoms with Gasteiger partial charge in [-0.2, -0.15) is 0 Å². The van der Waals surface area contributed by atoms with E-state index < -0.39 is 0 Å². The molecule has 1 saturated heterocycles. The first-order chi connectivity index (χ1) is 10.5. The van der Waals surface area contributed by atoms with Crippen molar-refractivity contribution < 1.29 is 9.59 Å². The molecule has 7 heteroatoms. The van der Waals surface area contributed by atoms with Crippen LogP contribution in [0.4, 0.5) is 4.79 Å². The highest BCUT2D eigenvalue weighted by atomic mass is 32.1. The maximum Gasteiger partial charge on any atom is 0.315 e. The van der Waals surface area contributed by atoms with Crippen LogP contribution in [0.3, 0.4) is 0 Å². The largest absolute Gasteiger partial charge is 0.344 e. The van der Waals surface area contributed by atoms with E-state index in [-0.39, 0.29) is 18.0 Å². The summed E-state index contributed by atoms with van der Waals surface area (Å²) in [5, 5.41) is 6.85. The number of aromatic nitrogens is 1. The highest BCUT2D eigenvalue weighted by molar-refractivity contribution is 7.11. The minimum Gasteiger partial charge on any atom is -0.344 e. The maximum atomic E-state index is 11.9. The fourth-order valence-electron chi connectivity index (χ4n) is 2.57. The number of likely N-dealkylation sites (N-methyl/N-ethyl adjacent to an activating group) is 1. The molecule has 0 bridgehead atoms. The van der Waals surface area contributed by atoms with Crippen molar-refractivity contribution in [3.8, 4) is 0 Å². The minimum absolute atomic E-state index is 0.0384. The fraction of sp³-hybridized carbons (Fsp3) is 0.667. The molecule has 0 saturated carbocycles. The van der Waals surface area contributed by atoms with Gasteiger partial charge in [-0.25, -0.2) is 9.78 Å². The Balaban J connectivity index is 1.70. The van der Waals surface area contributed by atoms with Crippen LogP contribution in [0, 0.1) is 6.92 Å². The van der Waals surface area contributed by atoms with E-state index >= 15 is 0 Å². The second kappa shape index (κ2) is 7.58. The van der Waals surface area contributed by atoms with Crippen LogP contribution < -0.4 is 10.6 Å². The first-order valence-electron chi connectivity index (χ1n) is 7.73. The smallest absolute Gasteiger partial charge is 0.315 e. The molecule has 1 aliphatic heterocycles. The number of rotatable bonds is 5. The van der Waals surface area contributed by atoms with E-state index in [2.05, 4.69) is 29.5 Å². The number of nitrogens with one attached hydrogen (secondary N) is 2. The first kappa shape index (κ1) is 16.7. The molecule has 0 radical (unpaired) electrons. The second-order valence-corrected chi connectivity index (χ2v) is 6.91. The van der Waals surface area contributed by atoms with Crippen molar-refractivity contribution in [2.45, 2.75) is 45.6 Å². The van der Waals surface area contributed by atoms with Gasteiger partial charge in [0, 0.05) is 43.9 Å². The van der Waals surface area contributed by atoms with Crippen molar-refractivity contribution in [2.24, 2.45) is 0 Å². The molecule has 1 aromatic heterocycles. The third kappa shape index (κ3) is 4.43. The molecule has 0 unspecified atom stereocenters. The van der Waals surface area contributed by atoms with Gasteiger partial charge in [0.15, 0.2) is 0 Å². The average molecular weight is 324 g/mol. The summed E-state index contributed by atoms with van der Waals surface area (Å²) in [4.78, 5) is 30.8. The number of thiazole rings is 1. The lowest BCUT2D eigenvalue weighted by atomic mass is 10.1. The van der Waals surface area contributed by atoms with Gasteiger partial charge >= 0.3 is 6.03 Å². The summed E-state index contributed by atoms with van der Waals surface area (Å²) in [6, 6.07) is -0.131. The molecule has 1 aromatic rings. The topological polar surface area (TPSA) is 74.3 Å². The highest BCUT2D eigenvalue weighted by Gasteiger charge is 2.23. The van der Waals surface area contributed by atoms with Crippen molar-refractivity contribution in [3.63, 3.8) is 0 Å². The van der Waals surface area contributed by atoms with Crippen molar-refractivity contribution in [3.05, 3.63) is 15.6 Å². The number of urea groups is 1. The predicted molar refractivity (Wildman–Crippen MR) is 87.1 cm³/mol. The SMILES string of the molecule is CCc1nc(CCNC(=O)N[C@H]2CCC(=O)N(C)C2)sc1C. The van der Waals surface area contributed by atoms with Gasteiger partial charge in [-0.1, -0.05) is 6.92 Å². The molecule has 2 N–H and O–H groups in total. The predicted octanol–water partition coefficient (Wildman–Crippen LogP) is 1.48. The zero-order valence-corrected chi connectivity index (χ0v) is 14.3. The Morgan fingerprint density at radius 1 is 1.50 bits per heavy atom. The molecule has 0 spiro atoms. The third-order valence-corrected chi connectivity index (χ3v) is 4.93. The Bertz CT molecular complexity index is 544. The molecule has 0 aliphatic carbocycles. The van der Waals surface area contributed by atoms with E-state index in [0.717, 1.165) is 23.5 Å². The highest BCUT2D eigenvalue weighted by Crippen LogP contribution is 2.18. The summed E-state index contributed by atoms with van der Waals surface area (Å²) in [6.45, 7) is 5.34. The van der Waals surface area contributed by atoms with E-state index in [1.54, 1.807) is 23.3 Å². The van der Waals surface area contributed by atoms with Gasteiger partial charge in [0.05, 0.1) is 10.7 Å². The van der Waals surface area contributed by atoms with Gasteiger partial charge in [-0.05, 0) is 19.8 Å². The van der Waals surface area contributed by atoms with E-state index in [4.69, 9.17) is 0 Å². The molecule has 3 amide bonds. The lowest BCUT2D eigenvalue weighted by molar-refractivity contribution is -0.132. The monoisotopic (exact) mass is 324 g/mol. The minimum atomic E-state index is -0.170. The number of carbonyl (C=O) groups excluding carboxylic acids is 2. The van der Waals surface area contributed by atoms with Crippen LogP contribution >= 0.6 is 11.3 Å². The van der Waals surface area contributed by atoms with Crippen molar-refractivity contribution in [1.82, 2.24) is 20.5 Å². The van der Waals surface area contributed by atoms with Gasteiger partial charge in [0.2, 0.25) is 5.91 Å². The Morgan fingerprint density at radius 3 is 2.91 bits per heavy atom. The summed E-state index contributed by atoms with van der Waals surface area (Å²) in [5.41, 5.74) is 1.15. The summed E-state index contributed by atoms with van der Waals surface area (Å²) in [6.07, 6.45) is 2.91. The number of carbonyl (C=O) groups is 2. The molecular weight excluding hydrogens is 300 g/mol. The van der Waals surface area contributed by atoms with Crippen LogP contribution in [-0.4, -0.2) is 48.0 Å². The number of nitrogens with zero attached hydrogens (tertiary/aromatic N) is 2. The van der Waals surface area contributed by atoms with Gasteiger partial charge in [-0.3, -0.25) is 4.79 Å². The normalized spacial score (nSPS) is 18.4.